The number of rotatable bonds is 7. The zero-order valence-electron chi connectivity index (χ0n) is 15.0. The number of ether oxygens (including phenoxy) is 1. The number of hydrogen-bond acceptors (Lipinski definition) is 4. The molecule has 4 nitrogen and oxygen atoms in total. The highest BCUT2D eigenvalue weighted by atomic mass is 16.5. The summed E-state index contributed by atoms with van der Waals surface area (Å²) in [6.07, 6.45) is 6.34. The van der Waals surface area contributed by atoms with Crippen LogP contribution in [0.2, 0.25) is 0 Å². The zero-order valence-corrected chi connectivity index (χ0v) is 15.0. The zero-order chi connectivity index (χ0) is 16.8. The SMILES string of the molecule is CCOc1cccc(CN2CCN(C3CCCC3)[C@@H](CCO)C2)c1. The third-order valence-corrected chi connectivity index (χ3v) is 5.48. The van der Waals surface area contributed by atoms with E-state index < -0.39 is 0 Å². The van der Waals surface area contributed by atoms with E-state index in [4.69, 9.17) is 4.74 Å². The van der Waals surface area contributed by atoms with E-state index in [2.05, 4.69) is 28.0 Å². The summed E-state index contributed by atoms with van der Waals surface area (Å²) in [4.78, 5) is 5.23. The minimum absolute atomic E-state index is 0.293. The van der Waals surface area contributed by atoms with Crippen molar-refractivity contribution in [3.8, 4) is 5.75 Å². The highest BCUT2D eigenvalue weighted by molar-refractivity contribution is 5.28. The van der Waals surface area contributed by atoms with Gasteiger partial charge in [0.05, 0.1) is 6.61 Å². The van der Waals surface area contributed by atoms with Crippen LogP contribution in [0, 0.1) is 0 Å². The molecule has 2 fully saturated rings. The summed E-state index contributed by atoms with van der Waals surface area (Å²) in [5.74, 6) is 0.964. The van der Waals surface area contributed by atoms with Gasteiger partial charge in [0.25, 0.3) is 0 Å². The number of piperazine rings is 1. The summed E-state index contributed by atoms with van der Waals surface area (Å²) in [6, 6.07) is 9.72. The fourth-order valence-corrected chi connectivity index (χ4v) is 4.36. The first kappa shape index (κ1) is 17.7. The Bertz CT molecular complexity index is 502. The normalized spacial score (nSPS) is 23.7. The lowest BCUT2D eigenvalue weighted by molar-refractivity contribution is 0.0267. The average molecular weight is 332 g/mol. The van der Waals surface area contributed by atoms with Gasteiger partial charge < -0.3 is 9.84 Å². The minimum atomic E-state index is 0.293. The molecule has 24 heavy (non-hydrogen) atoms. The van der Waals surface area contributed by atoms with Gasteiger partial charge >= 0.3 is 0 Å². The summed E-state index contributed by atoms with van der Waals surface area (Å²) in [5, 5.41) is 9.49. The van der Waals surface area contributed by atoms with Gasteiger partial charge in [-0.05, 0) is 43.9 Å². The van der Waals surface area contributed by atoms with Gasteiger partial charge in [-0.2, -0.15) is 0 Å². The summed E-state index contributed by atoms with van der Waals surface area (Å²) in [6.45, 7) is 7.33. The monoisotopic (exact) mass is 332 g/mol. The molecule has 134 valence electrons. The topological polar surface area (TPSA) is 35.9 Å². The second-order valence-corrected chi connectivity index (χ2v) is 7.16. The van der Waals surface area contributed by atoms with Crippen LogP contribution in [-0.2, 0) is 6.54 Å². The fourth-order valence-electron chi connectivity index (χ4n) is 4.36. The summed E-state index contributed by atoms with van der Waals surface area (Å²) in [5.41, 5.74) is 1.32. The molecule has 1 atom stereocenters. The van der Waals surface area contributed by atoms with Crippen LogP contribution in [0.5, 0.6) is 5.75 Å². The van der Waals surface area contributed by atoms with Gasteiger partial charge in [0.2, 0.25) is 0 Å². The maximum atomic E-state index is 9.49. The number of benzene rings is 1. The van der Waals surface area contributed by atoms with Gasteiger partial charge in [0, 0.05) is 44.9 Å². The molecule has 3 rings (SSSR count). The number of aliphatic hydroxyl groups excluding tert-OH is 1. The van der Waals surface area contributed by atoms with Crippen molar-refractivity contribution in [2.45, 2.75) is 57.7 Å². The molecule has 1 aliphatic heterocycles. The standard InChI is InChI=1S/C20H32N2O2/c1-2-24-20-9-5-6-17(14-20)15-21-11-12-22(18-7-3-4-8-18)19(16-21)10-13-23/h5-6,9,14,18-19,23H,2-4,7-8,10-13,15-16H2,1H3/t19-/m0/s1. The summed E-state index contributed by atoms with van der Waals surface area (Å²) < 4.78 is 5.62. The molecule has 1 aromatic rings. The molecule has 1 aromatic carbocycles. The number of nitrogens with zero attached hydrogens (tertiary/aromatic N) is 2. The van der Waals surface area contributed by atoms with Crippen molar-refractivity contribution in [3.05, 3.63) is 29.8 Å². The van der Waals surface area contributed by atoms with Crippen molar-refractivity contribution in [1.29, 1.82) is 0 Å². The van der Waals surface area contributed by atoms with Gasteiger partial charge in [-0.3, -0.25) is 9.80 Å². The van der Waals surface area contributed by atoms with Gasteiger partial charge in [-0.25, -0.2) is 0 Å². The lowest BCUT2D eigenvalue weighted by atomic mass is 10.0. The van der Waals surface area contributed by atoms with Gasteiger partial charge in [0.1, 0.15) is 5.75 Å². The van der Waals surface area contributed by atoms with Crippen LogP contribution >= 0.6 is 0 Å². The Morgan fingerprint density at radius 2 is 2.04 bits per heavy atom. The van der Waals surface area contributed by atoms with Crippen molar-refractivity contribution < 1.29 is 9.84 Å². The third kappa shape index (κ3) is 4.50. The van der Waals surface area contributed by atoms with Crippen LogP contribution in [0.1, 0.15) is 44.6 Å². The van der Waals surface area contributed by atoms with Gasteiger partial charge in [0.15, 0.2) is 0 Å². The highest BCUT2D eigenvalue weighted by Gasteiger charge is 2.32. The first-order chi connectivity index (χ1) is 11.8. The Morgan fingerprint density at radius 3 is 2.79 bits per heavy atom. The van der Waals surface area contributed by atoms with Crippen molar-refractivity contribution >= 4 is 0 Å². The molecule has 0 radical (unpaired) electrons. The van der Waals surface area contributed by atoms with Gasteiger partial charge in [-0.1, -0.05) is 25.0 Å². The van der Waals surface area contributed by atoms with E-state index in [0.29, 0.717) is 19.3 Å². The minimum Gasteiger partial charge on any atom is -0.494 e. The Hall–Kier alpha value is -1.10. The smallest absolute Gasteiger partial charge is 0.119 e. The van der Waals surface area contributed by atoms with Crippen molar-refractivity contribution in [2.75, 3.05) is 32.8 Å². The second kappa shape index (κ2) is 8.84. The Balaban J connectivity index is 1.60. The van der Waals surface area contributed by atoms with Gasteiger partial charge in [-0.15, -0.1) is 0 Å². The average Bonchev–Trinajstić information content (AvgIpc) is 3.10. The quantitative estimate of drug-likeness (QED) is 0.833. The first-order valence-electron chi connectivity index (χ1n) is 9.61. The molecule has 1 saturated carbocycles. The molecule has 1 saturated heterocycles. The van der Waals surface area contributed by atoms with Crippen molar-refractivity contribution in [3.63, 3.8) is 0 Å². The molecular formula is C20H32N2O2. The lowest BCUT2D eigenvalue weighted by Gasteiger charge is -2.44. The molecule has 4 heteroatoms. The maximum Gasteiger partial charge on any atom is 0.119 e. The van der Waals surface area contributed by atoms with E-state index in [1.807, 2.05) is 13.0 Å². The van der Waals surface area contributed by atoms with E-state index in [1.165, 1.54) is 31.2 Å². The van der Waals surface area contributed by atoms with E-state index >= 15 is 0 Å². The second-order valence-electron chi connectivity index (χ2n) is 7.16. The van der Waals surface area contributed by atoms with E-state index in [0.717, 1.165) is 44.4 Å². The van der Waals surface area contributed by atoms with Crippen molar-refractivity contribution in [2.24, 2.45) is 0 Å². The number of hydrogen-bond donors (Lipinski definition) is 1. The summed E-state index contributed by atoms with van der Waals surface area (Å²) in [7, 11) is 0. The molecule has 0 unspecified atom stereocenters. The highest BCUT2D eigenvalue weighted by Crippen LogP contribution is 2.28. The predicted molar refractivity (Wildman–Crippen MR) is 97.3 cm³/mol. The fraction of sp³-hybridized carbons (Fsp3) is 0.700. The number of aliphatic hydroxyl groups is 1. The van der Waals surface area contributed by atoms with E-state index in [1.54, 1.807) is 0 Å². The van der Waals surface area contributed by atoms with Crippen LogP contribution < -0.4 is 4.74 Å². The molecule has 0 aromatic heterocycles. The Morgan fingerprint density at radius 1 is 1.21 bits per heavy atom. The third-order valence-electron chi connectivity index (χ3n) is 5.48. The molecule has 2 aliphatic rings. The lowest BCUT2D eigenvalue weighted by Crippen LogP contribution is -2.55. The molecule has 0 bridgehead atoms. The largest absolute Gasteiger partial charge is 0.494 e. The molecular weight excluding hydrogens is 300 g/mol. The predicted octanol–water partition coefficient (Wildman–Crippen LogP) is 2.90. The molecule has 1 heterocycles. The Labute approximate surface area is 146 Å². The van der Waals surface area contributed by atoms with Crippen LogP contribution in [0.25, 0.3) is 0 Å². The van der Waals surface area contributed by atoms with Crippen molar-refractivity contribution in [1.82, 2.24) is 9.80 Å². The van der Waals surface area contributed by atoms with Crippen LogP contribution in [0.15, 0.2) is 24.3 Å². The molecule has 1 N–H and O–H groups in total. The molecule has 0 amide bonds. The Kier molecular flexibility index (Phi) is 6.52. The van der Waals surface area contributed by atoms with E-state index in [9.17, 15) is 5.11 Å². The van der Waals surface area contributed by atoms with E-state index in [-0.39, 0.29) is 0 Å². The molecule has 1 aliphatic carbocycles. The summed E-state index contributed by atoms with van der Waals surface area (Å²) >= 11 is 0. The molecule has 0 spiro atoms. The van der Waals surface area contributed by atoms with Crippen LogP contribution in [-0.4, -0.2) is 59.8 Å². The first-order valence-corrected chi connectivity index (χ1v) is 9.61. The maximum absolute atomic E-state index is 9.49. The van der Waals surface area contributed by atoms with Crippen LogP contribution in [0.3, 0.4) is 0 Å². The van der Waals surface area contributed by atoms with Crippen LogP contribution in [0.4, 0.5) is 0 Å².